The summed E-state index contributed by atoms with van der Waals surface area (Å²) in [6, 6.07) is 9.20. The lowest BCUT2D eigenvalue weighted by Crippen LogP contribution is -2.28. The molecule has 0 aromatic heterocycles. The first-order chi connectivity index (χ1) is 9.22. The minimum atomic E-state index is 0.407. The van der Waals surface area contributed by atoms with Gasteiger partial charge in [0.1, 0.15) is 0 Å². The Hall–Kier alpha value is -1.02. The summed E-state index contributed by atoms with van der Waals surface area (Å²) >= 11 is 0. The summed E-state index contributed by atoms with van der Waals surface area (Å²) in [5, 5.41) is 3.35. The van der Waals surface area contributed by atoms with E-state index in [0.717, 1.165) is 5.92 Å². The van der Waals surface area contributed by atoms with Crippen molar-refractivity contribution in [3.05, 3.63) is 29.8 Å². The fourth-order valence-corrected chi connectivity index (χ4v) is 3.21. The molecular weight excluding hydrogens is 232 g/mol. The van der Waals surface area contributed by atoms with Crippen LogP contribution in [0.25, 0.3) is 0 Å². The first kappa shape index (κ1) is 14.4. The van der Waals surface area contributed by atoms with Gasteiger partial charge in [-0.3, -0.25) is 0 Å². The second kappa shape index (κ2) is 6.95. The van der Waals surface area contributed by atoms with Gasteiger partial charge in [-0.25, -0.2) is 0 Å². The van der Waals surface area contributed by atoms with Crippen molar-refractivity contribution in [2.45, 2.75) is 45.1 Å². The number of nitrogens with one attached hydrogen (secondary N) is 1. The van der Waals surface area contributed by atoms with Crippen LogP contribution < -0.4 is 10.2 Å². The molecule has 0 aliphatic heterocycles. The summed E-state index contributed by atoms with van der Waals surface area (Å²) in [5.41, 5.74) is 2.79. The van der Waals surface area contributed by atoms with E-state index in [-0.39, 0.29) is 0 Å². The van der Waals surface area contributed by atoms with Gasteiger partial charge in [-0.1, -0.05) is 37.5 Å². The predicted octanol–water partition coefficient (Wildman–Crippen LogP) is 3.98. The van der Waals surface area contributed by atoms with Gasteiger partial charge in [0.25, 0.3) is 0 Å². The Kier molecular flexibility index (Phi) is 5.26. The molecule has 1 N–H and O–H groups in total. The van der Waals surface area contributed by atoms with E-state index in [2.05, 4.69) is 48.5 Å². The normalized spacial score (nSPS) is 18.3. The van der Waals surface area contributed by atoms with Crippen LogP contribution in [0.2, 0.25) is 0 Å². The van der Waals surface area contributed by atoms with Crippen molar-refractivity contribution < 1.29 is 0 Å². The third kappa shape index (κ3) is 3.73. The van der Waals surface area contributed by atoms with Gasteiger partial charge >= 0.3 is 0 Å². The zero-order valence-corrected chi connectivity index (χ0v) is 12.7. The fraction of sp³-hybridized carbons (Fsp3) is 0.647. The highest BCUT2D eigenvalue weighted by atomic mass is 15.1. The Balaban J connectivity index is 2.07. The van der Waals surface area contributed by atoms with E-state index in [9.17, 15) is 0 Å². The molecule has 0 heterocycles. The van der Waals surface area contributed by atoms with Crippen molar-refractivity contribution in [1.82, 2.24) is 5.32 Å². The largest absolute Gasteiger partial charge is 0.374 e. The molecule has 19 heavy (non-hydrogen) atoms. The summed E-state index contributed by atoms with van der Waals surface area (Å²) in [4.78, 5) is 2.46. The molecule has 1 fully saturated rings. The van der Waals surface area contributed by atoms with Crippen LogP contribution in [0.4, 0.5) is 5.69 Å². The summed E-state index contributed by atoms with van der Waals surface area (Å²) in [6.45, 7) is 3.43. The first-order valence-corrected chi connectivity index (χ1v) is 7.69. The van der Waals surface area contributed by atoms with Crippen LogP contribution in [-0.2, 0) is 0 Å². The molecule has 0 amide bonds. The molecule has 2 heteroatoms. The predicted molar refractivity (Wildman–Crippen MR) is 83.8 cm³/mol. The number of rotatable bonds is 5. The first-order valence-electron chi connectivity index (χ1n) is 7.69. The molecule has 1 aromatic carbocycles. The van der Waals surface area contributed by atoms with E-state index in [1.165, 1.54) is 49.9 Å². The number of hydrogen-bond donors (Lipinski definition) is 1. The molecule has 1 unspecified atom stereocenters. The Bertz CT molecular complexity index is 383. The number of anilines is 1. The van der Waals surface area contributed by atoms with Crippen molar-refractivity contribution in [3.8, 4) is 0 Å². The second-order valence-corrected chi connectivity index (χ2v) is 5.95. The fourth-order valence-electron chi connectivity index (χ4n) is 3.21. The maximum Gasteiger partial charge on any atom is 0.0412 e. The molecule has 0 spiro atoms. The zero-order valence-electron chi connectivity index (χ0n) is 12.7. The molecule has 1 saturated carbocycles. The van der Waals surface area contributed by atoms with Crippen LogP contribution in [0.1, 0.15) is 50.6 Å². The summed E-state index contributed by atoms with van der Waals surface area (Å²) < 4.78 is 0. The molecule has 1 atom stereocenters. The number of nitrogens with zero attached hydrogens (tertiary/aromatic N) is 1. The molecule has 1 aliphatic carbocycles. The number of para-hydroxylation sites is 1. The average molecular weight is 260 g/mol. The van der Waals surface area contributed by atoms with E-state index >= 15 is 0 Å². The average Bonchev–Trinajstić information content (AvgIpc) is 2.47. The van der Waals surface area contributed by atoms with Gasteiger partial charge in [0.15, 0.2) is 0 Å². The van der Waals surface area contributed by atoms with Crippen molar-refractivity contribution in [1.29, 1.82) is 0 Å². The van der Waals surface area contributed by atoms with E-state index in [1.54, 1.807) is 0 Å². The van der Waals surface area contributed by atoms with Gasteiger partial charge in [0, 0.05) is 25.3 Å². The van der Waals surface area contributed by atoms with Crippen LogP contribution in [0, 0.1) is 5.92 Å². The van der Waals surface area contributed by atoms with Gasteiger partial charge in [-0.15, -0.1) is 0 Å². The van der Waals surface area contributed by atoms with Crippen molar-refractivity contribution in [2.75, 3.05) is 25.5 Å². The quantitative estimate of drug-likeness (QED) is 0.861. The molecule has 1 aliphatic rings. The Morgan fingerprint density at radius 3 is 2.58 bits per heavy atom. The van der Waals surface area contributed by atoms with Crippen molar-refractivity contribution in [3.63, 3.8) is 0 Å². The van der Waals surface area contributed by atoms with Gasteiger partial charge in [-0.2, -0.15) is 0 Å². The molecule has 106 valence electrons. The SMILES string of the molecule is CNC(C)c1ccccc1N(C)CC1CCCCC1. The standard InChI is InChI=1S/C17H28N2/c1-14(18-2)16-11-7-8-12-17(16)19(3)13-15-9-5-4-6-10-15/h7-8,11-12,14-15,18H,4-6,9-10,13H2,1-3H3. The Morgan fingerprint density at radius 1 is 1.21 bits per heavy atom. The minimum Gasteiger partial charge on any atom is -0.374 e. The van der Waals surface area contributed by atoms with E-state index in [0.29, 0.717) is 6.04 Å². The third-order valence-electron chi connectivity index (χ3n) is 4.50. The third-order valence-corrected chi connectivity index (χ3v) is 4.50. The highest BCUT2D eigenvalue weighted by molar-refractivity contribution is 5.54. The molecule has 2 rings (SSSR count). The Morgan fingerprint density at radius 2 is 1.89 bits per heavy atom. The number of hydrogen-bond acceptors (Lipinski definition) is 2. The van der Waals surface area contributed by atoms with Gasteiger partial charge < -0.3 is 10.2 Å². The van der Waals surface area contributed by atoms with E-state index < -0.39 is 0 Å². The van der Waals surface area contributed by atoms with E-state index in [1.807, 2.05) is 7.05 Å². The van der Waals surface area contributed by atoms with Crippen LogP contribution in [0.3, 0.4) is 0 Å². The zero-order chi connectivity index (χ0) is 13.7. The maximum absolute atomic E-state index is 3.35. The molecule has 1 aromatic rings. The van der Waals surface area contributed by atoms with Crippen LogP contribution in [0.15, 0.2) is 24.3 Å². The summed E-state index contributed by atoms with van der Waals surface area (Å²) in [7, 11) is 4.28. The molecule has 2 nitrogen and oxygen atoms in total. The lowest BCUT2D eigenvalue weighted by atomic mass is 9.89. The Labute approximate surface area is 118 Å². The molecule has 0 radical (unpaired) electrons. The highest BCUT2D eigenvalue weighted by Crippen LogP contribution is 2.29. The second-order valence-electron chi connectivity index (χ2n) is 5.95. The summed E-state index contributed by atoms with van der Waals surface area (Å²) in [5.74, 6) is 0.886. The monoisotopic (exact) mass is 260 g/mol. The van der Waals surface area contributed by atoms with Gasteiger partial charge in [0.05, 0.1) is 0 Å². The molecular formula is C17H28N2. The van der Waals surface area contributed by atoms with Crippen LogP contribution in [-0.4, -0.2) is 20.6 Å². The van der Waals surface area contributed by atoms with Gasteiger partial charge in [-0.05, 0) is 44.4 Å². The summed E-state index contributed by atoms with van der Waals surface area (Å²) in [6.07, 6.45) is 7.11. The minimum absolute atomic E-state index is 0.407. The number of benzene rings is 1. The lowest BCUT2D eigenvalue weighted by molar-refractivity contribution is 0.362. The maximum atomic E-state index is 3.35. The molecule has 0 bridgehead atoms. The lowest BCUT2D eigenvalue weighted by Gasteiger charge is -2.30. The molecule has 0 saturated heterocycles. The van der Waals surface area contributed by atoms with Crippen molar-refractivity contribution >= 4 is 5.69 Å². The highest BCUT2D eigenvalue weighted by Gasteiger charge is 2.18. The van der Waals surface area contributed by atoms with E-state index in [4.69, 9.17) is 0 Å². The van der Waals surface area contributed by atoms with Crippen LogP contribution in [0.5, 0.6) is 0 Å². The van der Waals surface area contributed by atoms with Gasteiger partial charge in [0.2, 0.25) is 0 Å². The van der Waals surface area contributed by atoms with Crippen LogP contribution >= 0.6 is 0 Å². The smallest absolute Gasteiger partial charge is 0.0412 e. The topological polar surface area (TPSA) is 15.3 Å². The van der Waals surface area contributed by atoms with Crippen molar-refractivity contribution in [2.24, 2.45) is 5.92 Å².